The zero-order chi connectivity index (χ0) is 19.7. The molecule has 3 aromatic rings. The van der Waals surface area contributed by atoms with Crippen LogP contribution in [0.4, 0.5) is 11.5 Å². The van der Waals surface area contributed by atoms with Gasteiger partial charge in [0.1, 0.15) is 12.7 Å². The average molecular weight is 401 g/mol. The smallest absolute Gasteiger partial charge is 0.342 e. The molecule has 0 radical (unpaired) electrons. The molecule has 1 aromatic carbocycles. The maximum atomic E-state index is 11.1. The number of fused-ring (bicyclic) bond motifs is 1. The van der Waals surface area contributed by atoms with Crippen LogP contribution in [-0.4, -0.2) is 57.1 Å². The first-order valence-electron chi connectivity index (χ1n) is 9.21. The van der Waals surface area contributed by atoms with E-state index in [1.807, 2.05) is 30.5 Å². The fourth-order valence-electron chi connectivity index (χ4n) is 3.71. The summed E-state index contributed by atoms with van der Waals surface area (Å²) in [6.45, 7) is 6.72. The lowest BCUT2D eigenvalue weighted by Crippen LogP contribution is -2.47. The van der Waals surface area contributed by atoms with Gasteiger partial charge in [0.25, 0.3) is 0 Å². The first kappa shape index (κ1) is 18.6. The van der Waals surface area contributed by atoms with Gasteiger partial charge in [0.05, 0.1) is 5.52 Å². The fourth-order valence-corrected chi connectivity index (χ4v) is 3.88. The highest BCUT2D eigenvalue weighted by molar-refractivity contribution is 6.31. The number of benzene rings is 1. The van der Waals surface area contributed by atoms with E-state index in [-0.39, 0.29) is 10.7 Å². The Bertz CT molecular complexity index is 1010. The fraction of sp³-hybridized carbons (Fsp3) is 0.368. The molecule has 0 saturated carbocycles. The van der Waals surface area contributed by atoms with Gasteiger partial charge in [-0.05, 0) is 29.2 Å². The Kier molecular flexibility index (Phi) is 5.15. The SMILES string of the molecule is Cc1ncc([N+](=O)[O-])n1CCN1CCN(c2ccnc3cc(Cl)ccc23)CC1. The molecule has 0 unspecified atom stereocenters. The average Bonchev–Trinajstić information content (AvgIpc) is 3.07. The molecule has 1 fully saturated rings. The van der Waals surface area contributed by atoms with Crippen LogP contribution >= 0.6 is 11.6 Å². The molecule has 0 aliphatic carbocycles. The van der Waals surface area contributed by atoms with Crippen LogP contribution in [0.25, 0.3) is 10.9 Å². The Hall–Kier alpha value is -2.71. The number of anilines is 1. The van der Waals surface area contributed by atoms with Crippen LogP contribution in [0.2, 0.25) is 5.02 Å². The predicted octanol–water partition coefficient (Wildman–Crippen LogP) is 3.12. The van der Waals surface area contributed by atoms with E-state index in [4.69, 9.17) is 11.6 Å². The number of rotatable bonds is 5. The molecule has 2 aromatic heterocycles. The molecule has 1 aliphatic rings. The second-order valence-electron chi connectivity index (χ2n) is 6.89. The van der Waals surface area contributed by atoms with Crippen molar-refractivity contribution in [3.63, 3.8) is 0 Å². The molecule has 0 atom stereocenters. The normalized spacial score (nSPS) is 15.3. The Balaban J connectivity index is 1.41. The third kappa shape index (κ3) is 3.65. The molecule has 28 heavy (non-hydrogen) atoms. The van der Waals surface area contributed by atoms with Crippen molar-refractivity contribution in [1.29, 1.82) is 0 Å². The second kappa shape index (κ2) is 7.73. The van der Waals surface area contributed by atoms with E-state index in [0.717, 1.165) is 43.6 Å². The van der Waals surface area contributed by atoms with Gasteiger partial charge in [-0.1, -0.05) is 11.6 Å². The zero-order valence-electron chi connectivity index (χ0n) is 15.6. The van der Waals surface area contributed by atoms with Crippen LogP contribution in [0.15, 0.2) is 36.7 Å². The minimum Gasteiger partial charge on any atom is -0.368 e. The molecule has 1 saturated heterocycles. The molecule has 4 rings (SSSR count). The number of halogens is 1. The van der Waals surface area contributed by atoms with Gasteiger partial charge in [0.2, 0.25) is 0 Å². The highest BCUT2D eigenvalue weighted by atomic mass is 35.5. The van der Waals surface area contributed by atoms with Gasteiger partial charge in [0.15, 0.2) is 5.82 Å². The van der Waals surface area contributed by atoms with E-state index in [0.29, 0.717) is 17.4 Å². The summed E-state index contributed by atoms with van der Waals surface area (Å²) in [7, 11) is 0. The second-order valence-corrected chi connectivity index (χ2v) is 7.33. The third-order valence-corrected chi connectivity index (χ3v) is 5.49. The van der Waals surface area contributed by atoms with Crippen molar-refractivity contribution in [3.05, 3.63) is 57.6 Å². The van der Waals surface area contributed by atoms with E-state index in [1.54, 1.807) is 11.5 Å². The highest BCUT2D eigenvalue weighted by Crippen LogP contribution is 2.28. The van der Waals surface area contributed by atoms with Crippen molar-refractivity contribution in [3.8, 4) is 0 Å². The first-order valence-corrected chi connectivity index (χ1v) is 9.59. The van der Waals surface area contributed by atoms with Gasteiger partial charge >= 0.3 is 5.82 Å². The van der Waals surface area contributed by atoms with Crippen molar-refractivity contribution in [2.75, 3.05) is 37.6 Å². The third-order valence-electron chi connectivity index (χ3n) is 5.26. The zero-order valence-corrected chi connectivity index (χ0v) is 16.3. The Morgan fingerprint density at radius 1 is 1.14 bits per heavy atom. The minimum atomic E-state index is -0.376. The number of hydrogen-bond acceptors (Lipinski definition) is 6. The van der Waals surface area contributed by atoms with Crippen LogP contribution in [0.5, 0.6) is 0 Å². The van der Waals surface area contributed by atoms with Gasteiger partial charge in [-0.3, -0.25) is 9.88 Å². The number of aryl methyl sites for hydroxylation is 1. The summed E-state index contributed by atoms with van der Waals surface area (Å²) in [5, 5.41) is 12.9. The molecule has 0 N–H and O–H groups in total. The van der Waals surface area contributed by atoms with E-state index in [1.165, 1.54) is 11.9 Å². The van der Waals surface area contributed by atoms with Gasteiger partial charge in [-0.2, -0.15) is 0 Å². The molecule has 0 amide bonds. The topological polar surface area (TPSA) is 80.3 Å². The van der Waals surface area contributed by atoms with Crippen LogP contribution in [0.3, 0.4) is 0 Å². The number of hydrogen-bond donors (Lipinski definition) is 0. The Morgan fingerprint density at radius 2 is 1.93 bits per heavy atom. The summed E-state index contributed by atoms with van der Waals surface area (Å²) >= 11 is 6.09. The van der Waals surface area contributed by atoms with Gasteiger partial charge in [-0.15, -0.1) is 0 Å². The summed E-state index contributed by atoms with van der Waals surface area (Å²) < 4.78 is 1.67. The Morgan fingerprint density at radius 3 is 2.68 bits per heavy atom. The number of nitrogens with zero attached hydrogens (tertiary/aromatic N) is 6. The van der Waals surface area contributed by atoms with Crippen LogP contribution in [-0.2, 0) is 6.54 Å². The number of imidazole rings is 1. The monoisotopic (exact) mass is 400 g/mol. The van der Waals surface area contributed by atoms with E-state index in [2.05, 4.69) is 19.8 Å². The number of pyridine rings is 1. The van der Waals surface area contributed by atoms with E-state index < -0.39 is 0 Å². The molecule has 8 nitrogen and oxygen atoms in total. The summed E-state index contributed by atoms with van der Waals surface area (Å²) in [4.78, 5) is 23.9. The van der Waals surface area contributed by atoms with Crippen LogP contribution in [0.1, 0.15) is 5.82 Å². The summed E-state index contributed by atoms with van der Waals surface area (Å²) in [5.74, 6) is 0.727. The number of aromatic nitrogens is 3. The van der Waals surface area contributed by atoms with Gasteiger partial charge < -0.3 is 15.0 Å². The Labute approximate surface area is 167 Å². The van der Waals surface area contributed by atoms with Gasteiger partial charge in [0, 0.05) is 61.9 Å². The molecule has 9 heteroatoms. The van der Waals surface area contributed by atoms with E-state index in [9.17, 15) is 10.1 Å². The van der Waals surface area contributed by atoms with Crippen molar-refractivity contribution >= 4 is 34.0 Å². The lowest BCUT2D eigenvalue weighted by atomic mass is 10.1. The minimum absolute atomic E-state index is 0.0538. The van der Waals surface area contributed by atoms with Crippen molar-refractivity contribution in [1.82, 2.24) is 19.4 Å². The summed E-state index contributed by atoms with van der Waals surface area (Å²) in [6, 6.07) is 7.85. The quantitative estimate of drug-likeness (QED) is 0.483. The molecule has 146 valence electrons. The maximum Gasteiger partial charge on any atom is 0.342 e. The lowest BCUT2D eigenvalue weighted by molar-refractivity contribution is -0.392. The maximum absolute atomic E-state index is 11.1. The predicted molar refractivity (Wildman–Crippen MR) is 109 cm³/mol. The molecule has 0 bridgehead atoms. The van der Waals surface area contributed by atoms with Crippen LogP contribution in [0, 0.1) is 17.0 Å². The first-order chi connectivity index (χ1) is 13.5. The summed E-state index contributed by atoms with van der Waals surface area (Å²) in [6.07, 6.45) is 3.15. The molecule has 1 aliphatic heterocycles. The van der Waals surface area contributed by atoms with Crippen LogP contribution < -0.4 is 4.90 Å². The van der Waals surface area contributed by atoms with Gasteiger partial charge in [-0.25, -0.2) is 9.55 Å². The standard InChI is InChI=1S/C19H21ClN6O2/c1-14-22-13-19(26(27)28)25(14)11-8-23-6-9-24(10-7-23)18-4-5-21-17-12-15(20)2-3-16(17)18/h2-5,12-13H,6-11H2,1H3. The largest absolute Gasteiger partial charge is 0.368 e. The lowest BCUT2D eigenvalue weighted by Gasteiger charge is -2.36. The van der Waals surface area contributed by atoms with Crippen molar-refractivity contribution < 1.29 is 4.92 Å². The number of piperazine rings is 1. The number of nitro groups is 1. The van der Waals surface area contributed by atoms with E-state index >= 15 is 0 Å². The highest BCUT2D eigenvalue weighted by Gasteiger charge is 2.22. The molecular weight excluding hydrogens is 380 g/mol. The summed E-state index contributed by atoms with van der Waals surface area (Å²) in [5.41, 5.74) is 2.07. The van der Waals surface area contributed by atoms with Crippen molar-refractivity contribution in [2.24, 2.45) is 0 Å². The molecule has 3 heterocycles. The van der Waals surface area contributed by atoms with Crippen molar-refractivity contribution in [2.45, 2.75) is 13.5 Å². The molecule has 0 spiro atoms. The molecular formula is C19H21ClN6O2.